The van der Waals surface area contributed by atoms with Crippen molar-refractivity contribution in [1.82, 2.24) is 25.9 Å². The summed E-state index contributed by atoms with van der Waals surface area (Å²) in [6, 6.07) is 7.98. The molecule has 0 saturated heterocycles. The van der Waals surface area contributed by atoms with Crippen molar-refractivity contribution >= 4 is 5.91 Å². The highest BCUT2D eigenvalue weighted by Gasteiger charge is 2.13. The molecule has 21 heavy (non-hydrogen) atoms. The molecule has 1 heterocycles. The number of benzene rings is 1. The molecular formula is C15H21N5O. The zero-order valence-corrected chi connectivity index (χ0v) is 12.5. The predicted octanol–water partition coefficient (Wildman–Crippen LogP) is 1.96. The highest BCUT2D eigenvalue weighted by atomic mass is 16.1. The molecule has 0 aliphatic carbocycles. The van der Waals surface area contributed by atoms with Crippen molar-refractivity contribution in [1.29, 1.82) is 0 Å². The highest BCUT2D eigenvalue weighted by molar-refractivity contribution is 5.78. The van der Waals surface area contributed by atoms with Crippen molar-refractivity contribution in [3.63, 3.8) is 0 Å². The number of aromatic amines is 1. The molecule has 1 aromatic heterocycles. The third kappa shape index (κ3) is 4.66. The van der Waals surface area contributed by atoms with Gasteiger partial charge >= 0.3 is 0 Å². The van der Waals surface area contributed by atoms with Crippen molar-refractivity contribution in [2.45, 2.75) is 45.6 Å². The molecular weight excluding hydrogens is 266 g/mol. The molecule has 6 heteroatoms. The van der Waals surface area contributed by atoms with E-state index >= 15 is 0 Å². The summed E-state index contributed by atoms with van der Waals surface area (Å²) in [7, 11) is 0. The molecule has 0 spiro atoms. The zero-order valence-electron chi connectivity index (χ0n) is 12.5. The summed E-state index contributed by atoms with van der Waals surface area (Å²) >= 11 is 0. The Hall–Kier alpha value is -2.24. The van der Waals surface area contributed by atoms with E-state index in [1.807, 2.05) is 19.1 Å². The highest BCUT2D eigenvalue weighted by Crippen LogP contribution is 2.09. The van der Waals surface area contributed by atoms with Crippen molar-refractivity contribution < 1.29 is 4.79 Å². The minimum absolute atomic E-state index is 0.0476. The van der Waals surface area contributed by atoms with Gasteiger partial charge < -0.3 is 5.32 Å². The van der Waals surface area contributed by atoms with E-state index in [0.29, 0.717) is 12.2 Å². The topological polar surface area (TPSA) is 83.6 Å². The lowest BCUT2D eigenvalue weighted by molar-refractivity contribution is -0.121. The normalized spacial score (nSPS) is 12.1. The van der Waals surface area contributed by atoms with Crippen LogP contribution in [0.15, 0.2) is 24.3 Å². The van der Waals surface area contributed by atoms with Crippen LogP contribution in [-0.2, 0) is 17.6 Å². The second-order valence-corrected chi connectivity index (χ2v) is 5.16. The predicted molar refractivity (Wildman–Crippen MR) is 79.5 cm³/mol. The van der Waals surface area contributed by atoms with Crippen LogP contribution in [0, 0.1) is 0 Å². The molecule has 1 atom stereocenters. The summed E-state index contributed by atoms with van der Waals surface area (Å²) in [6.45, 7) is 4.01. The van der Waals surface area contributed by atoms with Gasteiger partial charge in [0.1, 0.15) is 0 Å². The number of carbonyl (C=O) groups excluding carboxylic acids is 1. The lowest BCUT2D eigenvalue weighted by Crippen LogP contribution is -2.28. The second kappa shape index (κ2) is 7.52. The molecule has 0 saturated carbocycles. The molecule has 2 aromatic rings. The van der Waals surface area contributed by atoms with Crippen LogP contribution in [0.25, 0.3) is 0 Å². The smallest absolute Gasteiger partial charge is 0.225 e. The maximum Gasteiger partial charge on any atom is 0.225 e. The van der Waals surface area contributed by atoms with Gasteiger partial charge in [-0.05, 0) is 30.9 Å². The average Bonchev–Trinajstić information content (AvgIpc) is 3.01. The van der Waals surface area contributed by atoms with E-state index in [1.165, 1.54) is 18.4 Å². The number of aryl methyl sites for hydroxylation is 1. The first kappa shape index (κ1) is 15.2. The van der Waals surface area contributed by atoms with Crippen LogP contribution in [-0.4, -0.2) is 26.5 Å². The first-order chi connectivity index (χ1) is 10.2. The summed E-state index contributed by atoms with van der Waals surface area (Å²) in [4.78, 5) is 12.0. The average molecular weight is 287 g/mol. The minimum atomic E-state index is -0.250. The standard InChI is InChI=1S/C15H21N5O/c1-3-4-5-12-6-8-13(9-7-12)10-14(21)16-11(2)15-17-19-20-18-15/h6-9,11H,3-5,10H2,1-2H3,(H,16,21)(H,17,18,19,20). The van der Waals surface area contributed by atoms with E-state index in [2.05, 4.69) is 45.0 Å². The number of nitrogens with one attached hydrogen (secondary N) is 2. The van der Waals surface area contributed by atoms with E-state index < -0.39 is 0 Å². The van der Waals surface area contributed by atoms with Gasteiger partial charge in [-0.25, -0.2) is 0 Å². The van der Waals surface area contributed by atoms with Gasteiger partial charge in [-0.1, -0.05) is 42.8 Å². The Balaban J connectivity index is 1.84. The fourth-order valence-corrected chi connectivity index (χ4v) is 2.10. The third-order valence-electron chi connectivity index (χ3n) is 3.33. The van der Waals surface area contributed by atoms with E-state index in [-0.39, 0.29) is 11.9 Å². The Kier molecular flexibility index (Phi) is 5.43. The fraction of sp³-hybridized carbons (Fsp3) is 0.467. The van der Waals surface area contributed by atoms with Gasteiger partial charge in [0.05, 0.1) is 12.5 Å². The zero-order chi connectivity index (χ0) is 15.1. The number of tetrazole rings is 1. The fourth-order valence-electron chi connectivity index (χ4n) is 2.10. The third-order valence-corrected chi connectivity index (χ3v) is 3.33. The molecule has 0 aliphatic heterocycles. The number of carbonyl (C=O) groups is 1. The number of unbranched alkanes of at least 4 members (excludes halogenated alkanes) is 1. The van der Waals surface area contributed by atoms with Crippen molar-refractivity contribution in [3.05, 3.63) is 41.2 Å². The first-order valence-corrected chi connectivity index (χ1v) is 7.29. The molecule has 112 valence electrons. The summed E-state index contributed by atoms with van der Waals surface area (Å²) < 4.78 is 0. The van der Waals surface area contributed by atoms with Gasteiger partial charge in [0.15, 0.2) is 5.82 Å². The molecule has 2 rings (SSSR count). The number of H-pyrrole nitrogens is 1. The quantitative estimate of drug-likeness (QED) is 0.815. The number of amides is 1. The van der Waals surface area contributed by atoms with E-state index in [1.54, 1.807) is 0 Å². The maximum atomic E-state index is 12.0. The van der Waals surface area contributed by atoms with Gasteiger partial charge in [-0.15, -0.1) is 10.2 Å². The van der Waals surface area contributed by atoms with Crippen LogP contribution in [0.5, 0.6) is 0 Å². The number of hydrogen-bond donors (Lipinski definition) is 2. The lowest BCUT2D eigenvalue weighted by Gasteiger charge is -2.10. The summed E-state index contributed by atoms with van der Waals surface area (Å²) in [5, 5.41) is 16.4. The van der Waals surface area contributed by atoms with Gasteiger partial charge in [0, 0.05) is 0 Å². The summed E-state index contributed by atoms with van der Waals surface area (Å²) in [6.07, 6.45) is 3.84. The largest absolute Gasteiger partial charge is 0.346 e. The molecule has 1 aromatic carbocycles. The van der Waals surface area contributed by atoms with Crippen LogP contribution < -0.4 is 5.32 Å². The summed E-state index contributed by atoms with van der Waals surface area (Å²) in [5.74, 6) is 0.437. The van der Waals surface area contributed by atoms with Crippen LogP contribution in [0.1, 0.15) is 49.7 Å². The van der Waals surface area contributed by atoms with E-state index in [4.69, 9.17) is 0 Å². The number of aromatic nitrogens is 4. The van der Waals surface area contributed by atoms with Gasteiger partial charge in [0.25, 0.3) is 0 Å². The van der Waals surface area contributed by atoms with E-state index in [9.17, 15) is 4.79 Å². The molecule has 1 amide bonds. The van der Waals surface area contributed by atoms with Crippen molar-refractivity contribution in [2.75, 3.05) is 0 Å². The monoisotopic (exact) mass is 287 g/mol. The number of hydrogen-bond acceptors (Lipinski definition) is 4. The number of rotatable bonds is 7. The number of nitrogens with zero attached hydrogens (tertiary/aromatic N) is 3. The Labute approximate surface area is 124 Å². The van der Waals surface area contributed by atoms with Crippen molar-refractivity contribution in [3.8, 4) is 0 Å². The summed E-state index contributed by atoms with van der Waals surface area (Å²) in [5.41, 5.74) is 2.33. The minimum Gasteiger partial charge on any atom is -0.346 e. The Morgan fingerprint density at radius 3 is 2.62 bits per heavy atom. The molecule has 0 fully saturated rings. The van der Waals surface area contributed by atoms with Crippen LogP contribution in [0.4, 0.5) is 0 Å². The van der Waals surface area contributed by atoms with Crippen LogP contribution in [0.3, 0.4) is 0 Å². The molecule has 0 radical (unpaired) electrons. The first-order valence-electron chi connectivity index (χ1n) is 7.29. The maximum absolute atomic E-state index is 12.0. The van der Waals surface area contributed by atoms with Crippen LogP contribution >= 0.6 is 0 Å². The van der Waals surface area contributed by atoms with Crippen molar-refractivity contribution in [2.24, 2.45) is 0 Å². The second-order valence-electron chi connectivity index (χ2n) is 5.16. The lowest BCUT2D eigenvalue weighted by atomic mass is 10.0. The van der Waals surface area contributed by atoms with Gasteiger partial charge in [-0.2, -0.15) is 5.21 Å². The Morgan fingerprint density at radius 2 is 2.00 bits per heavy atom. The SMILES string of the molecule is CCCCc1ccc(CC(=O)NC(C)c2nn[nH]n2)cc1. The Morgan fingerprint density at radius 1 is 1.29 bits per heavy atom. The molecule has 0 aliphatic rings. The van der Waals surface area contributed by atoms with Gasteiger partial charge in [0.2, 0.25) is 5.91 Å². The van der Waals surface area contributed by atoms with E-state index in [0.717, 1.165) is 12.0 Å². The molecule has 6 nitrogen and oxygen atoms in total. The molecule has 1 unspecified atom stereocenters. The Bertz CT molecular complexity index is 550. The van der Waals surface area contributed by atoms with Crippen LogP contribution in [0.2, 0.25) is 0 Å². The van der Waals surface area contributed by atoms with Gasteiger partial charge in [-0.3, -0.25) is 4.79 Å². The molecule has 0 bridgehead atoms. The molecule has 2 N–H and O–H groups in total.